The van der Waals surface area contributed by atoms with Gasteiger partial charge in [-0.05, 0) is 36.2 Å². The summed E-state index contributed by atoms with van der Waals surface area (Å²) in [6.07, 6.45) is 1.73. The topological polar surface area (TPSA) is 38.1 Å². The molecule has 0 N–H and O–H groups in total. The fraction of sp³-hybridized carbons (Fsp3) is 0.130. The van der Waals surface area contributed by atoms with E-state index in [2.05, 4.69) is 34.3 Å². The molecule has 4 heteroatoms. The van der Waals surface area contributed by atoms with E-state index in [4.69, 9.17) is 0 Å². The van der Waals surface area contributed by atoms with Crippen LogP contribution in [0.4, 0.5) is 0 Å². The van der Waals surface area contributed by atoms with Gasteiger partial charge in [-0.1, -0.05) is 60.7 Å². The molecule has 0 radical (unpaired) electrons. The van der Waals surface area contributed by atoms with Crippen molar-refractivity contribution >= 4 is 11.0 Å². The number of rotatable bonds is 5. The van der Waals surface area contributed by atoms with E-state index in [1.165, 1.54) is 0 Å². The van der Waals surface area contributed by atoms with Gasteiger partial charge in [0.05, 0.1) is 13.1 Å². The number of pyridine rings is 2. The van der Waals surface area contributed by atoms with Crippen molar-refractivity contribution in [1.29, 1.82) is 0 Å². The van der Waals surface area contributed by atoms with Crippen molar-refractivity contribution in [3.8, 4) is 0 Å². The molecule has 0 amide bonds. The molecular weight excluding hydrogens is 334 g/mol. The van der Waals surface area contributed by atoms with Crippen molar-refractivity contribution in [1.82, 2.24) is 9.66 Å². The summed E-state index contributed by atoms with van der Waals surface area (Å²) in [6, 6.07) is 26.2. The SMILES string of the molecule is Cc1cc2cccnc2n(N(Cc2ccccc2)Cc2ccccc2)c1=O. The third-order valence-corrected chi connectivity index (χ3v) is 4.62. The van der Waals surface area contributed by atoms with Crippen LogP contribution in [0.5, 0.6) is 0 Å². The van der Waals surface area contributed by atoms with Gasteiger partial charge >= 0.3 is 0 Å². The normalized spacial score (nSPS) is 10.9. The zero-order valence-electron chi connectivity index (χ0n) is 15.2. The molecule has 0 aliphatic carbocycles. The van der Waals surface area contributed by atoms with Gasteiger partial charge in [-0.25, -0.2) is 9.66 Å². The third-order valence-electron chi connectivity index (χ3n) is 4.62. The van der Waals surface area contributed by atoms with E-state index in [1.807, 2.05) is 61.5 Å². The fourth-order valence-electron chi connectivity index (χ4n) is 3.31. The van der Waals surface area contributed by atoms with Crippen LogP contribution in [0.15, 0.2) is 89.9 Å². The maximum absolute atomic E-state index is 13.1. The molecule has 0 atom stereocenters. The van der Waals surface area contributed by atoms with Gasteiger partial charge < -0.3 is 0 Å². The van der Waals surface area contributed by atoms with Gasteiger partial charge in [-0.2, -0.15) is 0 Å². The van der Waals surface area contributed by atoms with Crippen LogP contribution in [0.1, 0.15) is 16.7 Å². The molecule has 0 unspecified atom stereocenters. The van der Waals surface area contributed by atoms with Gasteiger partial charge in [0.15, 0.2) is 5.65 Å². The fourth-order valence-corrected chi connectivity index (χ4v) is 3.31. The van der Waals surface area contributed by atoms with Crippen molar-refractivity contribution in [2.24, 2.45) is 0 Å². The average molecular weight is 355 g/mol. The summed E-state index contributed by atoms with van der Waals surface area (Å²) < 4.78 is 1.73. The molecule has 0 spiro atoms. The minimum absolute atomic E-state index is 0.0342. The Morgan fingerprint density at radius 3 is 2.04 bits per heavy atom. The summed E-state index contributed by atoms with van der Waals surface area (Å²) in [5, 5.41) is 3.02. The van der Waals surface area contributed by atoms with E-state index in [0.29, 0.717) is 24.3 Å². The number of nitrogens with zero attached hydrogens (tertiary/aromatic N) is 3. The van der Waals surface area contributed by atoms with Crippen LogP contribution in [0.25, 0.3) is 11.0 Å². The number of hydrogen-bond acceptors (Lipinski definition) is 3. The van der Waals surface area contributed by atoms with Crippen LogP contribution in [0.2, 0.25) is 0 Å². The van der Waals surface area contributed by atoms with Crippen LogP contribution in [-0.2, 0) is 13.1 Å². The predicted molar refractivity (Wildman–Crippen MR) is 109 cm³/mol. The second-order valence-electron chi connectivity index (χ2n) is 6.65. The Morgan fingerprint density at radius 1 is 0.852 bits per heavy atom. The van der Waals surface area contributed by atoms with E-state index in [9.17, 15) is 4.79 Å². The lowest BCUT2D eigenvalue weighted by Gasteiger charge is -2.28. The van der Waals surface area contributed by atoms with Crippen LogP contribution < -0.4 is 10.6 Å². The Hall–Kier alpha value is -3.40. The lowest BCUT2D eigenvalue weighted by molar-refractivity contribution is 0.570. The summed E-state index contributed by atoms with van der Waals surface area (Å²) >= 11 is 0. The van der Waals surface area contributed by atoms with E-state index in [1.54, 1.807) is 10.9 Å². The Bertz CT molecular complexity index is 1060. The number of aryl methyl sites for hydroxylation is 1. The standard InChI is InChI=1S/C23H21N3O/c1-18-15-21-13-8-14-24-22(21)26(23(18)27)25(16-19-9-4-2-5-10-19)17-20-11-6-3-7-12-20/h2-15H,16-17H2,1H3. The molecule has 27 heavy (non-hydrogen) atoms. The van der Waals surface area contributed by atoms with Crippen molar-refractivity contribution in [2.75, 3.05) is 5.01 Å². The lowest BCUT2D eigenvalue weighted by atomic mass is 10.2. The van der Waals surface area contributed by atoms with Crippen molar-refractivity contribution in [2.45, 2.75) is 20.0 Å². The maximum Gasteiger partial charge on any atom is 0.273 e. The molecule has 2 heterocycles. The van der Waals surface area contributed by atoms with Gasteiger partial charge in [0.25, 0.3) is 5.56 Å². The largest absolute Gasteiger partial charge is 0.299 e. The van der Waals surface area contributed by atoms with E-state index in [0.717, 1.165) is 16.5 Å². The molecule has 0 aliphatic rings. The number of hydrogen-bond donors (Lipinski definition) is 0. The molecule has 134 valence electrons. The molecule has 0 fully saturated rings. The first-order valence-electron chi connectivity index (χ1n) is 9.03. The quantitative estimate of drug-likeness (QED) is 0.542. The van der Waals surface area contributed by atoms with Gasteiger partial charge in [0, 0.05) is 17.1 Å². The van der Waals surface area contributed by atoms with Crippen LogP contribution in [-0.4, -0.2) is 9.66 Å². The van der Waals surface area contributed by atoms with E-state index < -0.39 is 0 Å². The van der Waals surface area contributed by atoms with Crippen LogP contribution in [0.3, 0.4) is 0 Å². The van der Waals surface area contributed by atoms with E-state index >= 15 is 0 Å². The van der Waals surface area contributed by atoms with E-state index in [-0.39, 0.29) is 5.56 Å². The summed E-state index contributed by atoms with van der Waals surface area (Å²) in [7, 11) is 0. The average Bonchev–Trinajstić information content (AvgIpc) is 2.70. The Balaban J connectivity index is 1.86. The monoisotopic (exact) mass is 355 g/mol. The minimum Gasteiger partial charge on any atom is -0.299 e. The highest BCUT2D eigenvalue weighted by Crippen LogP contribution is 2.15. The third kappa shape index (κ3) is 3.60. The number of benzene rings is 2. The molecule has 0 saturated carbocycles. The lowest BCUT2D eigenvalue weighted by Crippen LogP contribution is -2.42. The molecule has 4 rings (SSSR count). The first-order valence-corrected chi connectivity index (χ1v) is 9.03. The Morgan fingerprint density at radius 2 is 1.44 bits per heavy atom. The van der Waals surface area contributed by atoms with Crippen LogP contribution >= 0.6 is 0 Å². The molecule has 2 aromatic carbocycles. The molecule has 4 nitrogen and oxygen atoms in total. The maximum atomic E-state index is 13.1. The molecular formula is C23H21N3O. The second kappa shape index (κ2) is 7.46. The first kappa shape index (κ1) is 17.0. The summed E-state index contributed by atoms with van der Waals surface area (Å²) in [4.78, 5) is 17.6. The number of fused-ring (bicyclic) bond motifs is 1. The van der Waals surface area contributed by atoms with Crippen LogP contribution in [0, 0.1) is 6.92 Å². The highest BCUT2D eigenvalue weighted by Gasteiger charge is 2.15. The smallest absolute Gasteiger partial charge is 0.273 e. The molecule has 0 bridgehead atoms. The second-order valence-corrected chi connectivity index (χ2v) is 6.65. The molecule has 0 aliphatic heterocycles. The summed E-state index contributed by atoms with van der Waals surface area (Å²) in [6.45, 7) is 3.09. The first-order chi connectivity index (χ1) is 13.2. The Kier molecular flexibility index (Phi) is 4.71. The van der Waals surface area contributed by atoms with Crippen molar-refractivity contribution in [3.63, 3.8) is 0 Å². The molecule has 2 aromatic heterocycles. The molecule has 4 aromatic rings. The van der Waals surface area contributed by atoms with Crippen molar-refractivity contribution in [3.05, 3.63) is 112 Å². The highest BCUT2D eigenvalue weighted by molar-refractivity contribution is 5.75. The zero-order valence-corrected chi connectivity index (χ0v) is 15.2. The molecule has 0 saturated heterocycles. The number of aromatic nitrogens is 2. The zero-order chi connectivity index (χ0) is 18.6. The van der Waals surface area contributed by atoms with Gasteiger partial charge in [-0.15, -0.1) is 0 Å². The van der Waals surface area contributed by atoms with Crippen molar-refractivity contribution < 1.29 is 0 Å². The van der Waals surface area contributed by atoms with Gasteiger partial charge in [0.2, 0.25) is 0 Å². The minimum atomic E-state index is -0.0342. The van der Waals surface area contributed by atoms with Gasteiger partial charge in [0.1, 0.15) is 0 Å². The Labute approximate surface area is 158 Å². The summed E-state index contributed by atoms with van der Waals surface area (Å²) in [5.74, 6) is 0. The summed E-state index contributed by atoms with van der Waals surface area (Å²) in [5.41, 5.74) is 3.64. The predicted octanol–water partition coefficient (Wildman–Crippen LogP) is 4.04. The highest BCUT2D eigenvalue weighted by atomic mass is 16.1. The van der Waals surface area contributed by atoms with Gasteiger partial charge in [-0.3, -0.25) is 9.80 Å².